The Labute approximate surface area is 126 Å². The molecule has 24 heavy (non-hydrogen) atoms. The number of aliphatic hydroxyl groups excluding tert-OH is 1. The van der Waals surface area contributed by atoms with Gasteiger partial charge in [0.05, 0.1) is 11.1 Å². The maximum absolute atomic E-state index is 13.4. The van der Waals surface area contributed by atoms with Crippen molar-refractivity contribution in [2.24, 2.45) is 0 Å². The van der Waals surface area contributed by atoms with Gasteiger partial charge in [0.25, 0.3) is 11.9 Å². The maximum Gasteiger partial charge on any atom is 0.252 e. The van der Waals surface area contributed by atoms with E-state index in [0.29, 0.717) is 0 Å². The molecule has 0 radical (unpaired) electrons. The molecule has 11 heteroatoms. The average molecular weight is 359 g/mol. The second-order valence-electron chi connectivity index (χ2n) is 4.21. The molecule has 0 spiro atoms. The third-order valence-electron chi connectivity index (χ3n) is 2.78. The SMILES string of the molecule is O/C(=C\c1c(F)c(F)nc(F)c1F)c1c(F)c(F)c(F)c(F)c1F. The Morgan fingerprint density at radius 2 is 1.00 bits per heavy atom. The molecule has 1 aromatic carbocycles. The summed E-state index contributed by atoms with van der Waals surface area (Å²) in [4.78, 5) is 2.18. The van der Waals surface area contributed by atoms with Crippen LogP contribution in [0.1, 0.15) is 11.1 Å². The monoisotopic (exact) mass is 359 g/mol. The van der Waals surface area contributed by atoms with E-state index in [4.69, 9.17) is 0 Å². The van der Waals surface area contributed by atoms with E-state index in [1.165, 1.54) is 0 Å². The van der Waals surface area contributed by atoms with Crippen molar-refractivity contribution in [1.29, 1.82) is 0 Å². The van der Waals surface area contributed by atoms with Gasteiger partial charge in [-0.05, 0) is 6.08 Å². The van der Waals surface area contributed by atoms with Crippen molar-refractivity contribution in [1.82, 2.24) is 4.98 Å². The van der Waals surface area contributed by atoms with E-state index in [0.717, 1.165) is 0 Å². The molecule has 0 aliphatic heterocycles. The Balaban J connectivity index is 2.76. The van der Waals surface area contributed by atoms with Crippen LogP contribution in [-0.2, 0) is 0 Å². The van der Waals surface area contributed by atoms with E-state index in [-0.39, 0.29) is 6.08 Å². The number of hydrogen-bond donors (Lipinski definition) is 1. The lowest BCUT2D eigenvalue weighted by Gasteiger charge is -2.08. The summed E-state index contributed by atoms with van der Waals surface area (Å²) >= 11 is 0. The molecule has 1 heterocycles. The van der Waals surface area contributed by atoms with Gasteiger partial charge in [-0.15, -0.1) is 0 Å². The summed E-state index contributed by atoms with van der Waals surface area (Å²) in [5, 5.41) is 9.43. The summed E-state index contributed by atoms with van der Waals surface area (Å²) < 4.78 is 118. The molecule has 1 aromatic heterocycles. The zero-order valence-corrected chi connectivity index (χ0v) is 10.9. The van der Waals surface area contributed by atoms with E-state index < -0.39 is 69.5 Å². The van der Waals surface area contributed by atoms with Gasteiger partial charge in [0.1, 0.15) is 5.76 Å². The minimum absolute atomic E-state index is 0.253. The maximum atomic E-state index is 13.4. The van der Waals surface area contributed by atoms with Crippen molar-refractivity contribution in [2.75, 3.05) is 0 Å². The standard InChI is InChI=1S/C13H2F9NO/c14-5-2(6(15)13(22)23-12(5)21)1-3(24)4-7(16)9(18)11(20)10(19)8(4)17/h1,24H/b3-1-. The summed E-state index contributed by atoms with van der Waals surface area (Å²) in [5.41, 5.74) is -3.62. The highest BCUT2D eigenvalue weighted by molar-refractivity contribution is 5.77. The topological polar surface area (TPSA) is 33.1 Å². The molecule has 0 aliphatic rings. The molecule has 0 unspecified atom stereocenters. The Bertz CT molecular complexity index is 823. The zero-order chi connectivity index (χ0) is 18.3. The predicted octanol–water partition coefficient (Wildman–Crippen LogP) is 4.39. The van der Waals surface area contributed by atoms with E-state index in [9.17, 15) is 44.6 Å². The molecule has 0 saturated heterocycles. The normalized spacial score (nSPS) is 12.0. The van der Waals surface area contributed by atoms with Crippen LogP contribution in [0.4, 0.5) is 39.5 Å². The Kier molecular flexibility index (Phi) is 4.45. The molecule has 0 bridgehead atoms. The van der Waals surface area contributed by atoms with Gasteiger partial charge in [-0.25, -0.2) is 30.7 Å². The molecule has 2 nitrogen and oxygen atoms in total. The van der Waals surface area contributed by atoms with Crippen LogP contribution < -0.4 is 0 Å². The number of aromatic nitrogens is 1. The van der Waals surface area contributed by atoms with Gasteiger partial charge in [0.2, 0.25) is 5.82 Å². The van der Waals surface area contributed by atoms with Crippen molar-refractivity contribution in [3.05, 3.63) is 63.7 Å². The molecule has 2 aromatic rings. The number of rotatable bonds is 2. The summed E-state index contributed by atoms with van der Waals surface area (Å²) in [6.07, 6.45) is -0.253. The van der Waals surface area contributed by atoms with Gasteiger partial charge < -0.3 is 5.11 Å². The number of pyridine rings is 1. The van der Waals surface area contributed by atoms with Gasteiger partial charge in [-0.2, -0.15) is 13.8 Å². The highest BCUT2D eigenvalue weighted by Gasteiger charge is 2.28. The minimum Gasteiger partial charge on any atom is -0.507 e. The third kappa shape index (κ3) is 2.65. The van der Waals surface area contributed by atoms with Crippen LogP contribution >= 0.6 is 0 Å². The summed E-state index contributed by atoms with van der Waals surface area (Å²) in [6.45, 7) is 0. The quantitative estimate of drug-likeness (QED) is 0.284. The van der Waals surface area contributed by atoms with Gasteiger partial charge in [0.15, 0.2) is 34.9 Å². The number of benzene rings is 1. The lowest BCUT2D eigenvalue weighted by atomic mass is 10.1. The molecule has 2 rings (SSSR count). The van der Waals surface area contributed by atoms with Crippen molar-refractivity contribution >= 4 is 11.8 Å². The first-order valence-corrected chi connectivity index (χ1v) is 5.70. The Morgan fingerprint density at radius 3 is 1.42 bits per heavy atom. The highest BCUT2D eigenvalue weighted by atomic mass is 19.2. The molecule has 128 valence electrons. The van der Waals surface area contributed by atoms with Crippen LogP contribution in [0.2, 0.25) is 0 Å². The molecular weight excluding hydrogens is 357 g/mol. The molecule has 0 atom stereocenters. The first-order valence-electron chi connectivity index (χ1n) is 5.70. The minimum atomic E-state index is -2.54. The van der Waals surface area contributed by atoms with Crippen LogP contribution in [0.15, 0.2) is 0 Å². The summed E-state index contributed by atoms with van der Waals surface area (Å²) in [7, 11) is 0. The van der Waals surface area contributed by atoms with Gasteiger partial charge >= 0.3 is 0 Å². The van der Waals surface area contributed by atoms with Crippen LogP contribution in [0, 0.1) is 52.6 Å². The van der Waals surface area contributed by atoms with Crippen LogP contribution in [-0.4, -0.2) is 10.1 Å². The number of halogens is 9. The molecule has 0 amide bonds. The Morgan fingerprint density at radius 1 is 0.625 bits per heavy atom. The van der Waals surface area contributed by atoms with Crippen LogP contribution in [0.5, 0.6) is 0 Å². The van der Waals surface area contributed by atoms with Crippen molar-refractivity contribution < 1.29 is 44.6 Å². The molecule has 0 fully saturated rings. The number of hydrogen-bond acceptors (Lipinski definition) is 2. The van der Waals surface area contributed by atoms with E-state index in [1.54, 1.807) is 0 Å². The fourth-order valence-corrected chi connectivity index (χ4v) is 1.67. The lowest BCUT2D eigenvalue weighted by molar-refractivity contribution is 0.370. The second-order valence-corrected chi connectivity index (χ2v) is 4.21. The average Bonchev–Trinajstić information content (AvgIpc) is 2.53. The molecular formula is C13H2F9NO. The van der Waals surface area contributed by atoms with Gasteiger partial charge in [-0.3, -0.25) is 0 Å². The zero-order valence-electron chi connectivity index (χ0n) is 10.9. The van der Waals surface area contributed by atoms with Crippen molar-refractivity contribution in [3.8, 4) is 0 Å². The summed E-state index contributed by atoms with van der Waals surface area (Å²) in [5.74, 6) is -23.0. The third-order valence-corrected chi connectivity index (χ3v) is 2.78. The number of aliphatic hydroxyl groups is 1. The van der Waals surface area contributed by atoms with E-state index in [1.807, 2.05) is 0 Å². The van der Waals surface area contributed by atoms with Crippen LogP contribution in [0.3, 0.4) is 0 Å². The molecule has 0 aliphatic carbocycles. The van der Waals surface area contributed by atoms with Gasteiger partial charge in [0, 0.05) is 0 Å². The van der Waals surface area contributed by atoms with E-state index >= 15 is 0 Å². The smallest absolute Gasteiger partial charge is 0.252 e. The first-order chi connectivity index (χ1) is 11.1. The first kappa shape index (κ1) is 17.6. The highest BCUT2D eigenvalue weighted by Crippen LogP contribution is 2.29. The Hall–Kier alpha value is -2.72. The fourth-order valence-electron chi connectivity index (χ4n) is 1.67. The largest absolute Gasteiger partial charge is 0.507 e. The second kappa shape index (κ2) is 6.06. The van der Waals surface area contributed by atoms with Crippen molar-refractivity contribution in [2.45, 2.75) is 0 Å². The van der Waals surface area contributed by atoms with E-state index in [2.05, 4.69) is 4.98 Å². The van der Waals surface area contributed by atoms with Crippen LogP contribution in [0.25, 0.3) is 11.8 Å². The molecule has 0 saturated carbocycles. The van der Waals surface area contributed by atoms with Gasteiger partial charge in [-0.1, -0.05) is 0 Å². The number of nitrogens with zero attached hydrogens (tertiary/aromatic N) is 1. The molecule has 1 N–H and O–H groups in total. The lowest BCUT2D eigenvalue weighted by Crippen LogP contribution is -2.07. The van der Waals surface area contributed by atoms with Crippen molar-refractivity contribution in [3.63, 3.8) is 0 Å². The summed E-state index contributed by atoms with van der Waals surface area (Å²) in [6, 6.07) is 0. The fraction of sp³-hybridized carbons (Fsp3) is 0. The predicted molar refractivity (Wildman–Crippen MR) is 60.8 cm³/mol.